The molecule has 25 heavy (non-hydrogen) atoms. The molecule has 7 nitrogen and oxygen atoms in total. The Hall–Kier alpha value is -2.06. The largest absolute Gasteiger partial charge is 0.366 e. The third kappa shape index (κ3) is 4.73. The average Bonchev–Trinajstić information content (AvgIpc) is 3.24. The van der Waals surface area contributed by atoms with Crippen LogP contribution in [0, 0.1) is 22.7 Å². The minimum Gasteiger partial charge on any atom is -0.366 e. The van der Waals surface area contributed by atoms with E-state index in [4.69, 9.17) is 10.5 Å². The Morgan fingerprint density at radius 3 is 2.80 bits per heavy atom. The summed E-state index contributed by atoms with van der Waals surface area (Å²) in [4.78, 5) is 18.4. The molecule has 2 fully saturated rings. The van der Waals surface area contributed by atoms with Gasteiger partial charge < -0.3 is 15.5 Å². The Labute approximate surface area is 159 Å². The van der Waals surface area contributed by atoms with Crippen molar-refractivity contribution in [1.82, 2.24) is 15.2 Å². The van der Waals surface area contributed by atoms with E-state index in [1.54, 1.807) is 17.0 Å². The Morgan fingerprint density at radius 1 is 1.36 bits per heavy atom. The Bertz CT molecular complexity index is 669. The molecule has 2 saturated heterocycles. The Balaban J connectivity index is 0.00000156. The van der Waals surface area contributed by atoms with Crippen LogP contribution in [-0.4, -0.2) is 47.0 Å². The fourth-order valence-corrected chi connectivity index (χ4v) is 3.15. The molecular weight excluding hydrogens is 363 g/mol. The summed E-state index contributed by atoms with van der Waals surface area (Å²) >= 11 is 0. The highest BCUT2D eigenvalue weighted by Gasteiger charge is 2.37. The fourth-order valence-electron chi connectivity index (χ4n) is 3.15. The number of anilines is 1. The number of hydrogen-bond donors (Lipinski definition) is 2. The number of pyridine rings is 1. The summed E-state index contributed by atoms with van der Waals surface area (Å²) in [7, 11) is 0. The van der Waals surface area contributed by atoms with Gasteiger partial charge >= 0.3 is 0 Å². The normalized spacial score (nSPS) is 24.4. The highest BCUT2D eigenvalue weighted by molar-refractivity contribution is 5.85. The summed E-state index contributed by atoms with van der Waals surface area (Å²) in [6.07, 6.45) is 3.85. The third-order valence-corrected chi connectivity index (χ3v) is 4.36. The molecule has 0 aliphatic carbocycles. The highest BCUT2D eigenvalue weighted by atomic mass is 35.5. The number of aromatic nitrogens is 1. The van der Waals surface area contributed by atoms with Gasteiger partial charge in [-0.25, -0.2) is 4.98 Å². The van der Waals surface area contributed by atoms with Gasteiger partial charge in [0.1, 0.15) is 17.9 Å². The molecule has 9 heteroatoms. The monoisotopic (exact) mass is 382 g/mol. The van der Waals surface area contributed by atoms with Gasteiger partial charge in [0.15, 0.2) is 0 Å². The molecule has 3 atom stereocenters. The molecule has 1 unspecified atom stereocenters. The maximum absolute atomic E-state index is 12.5. The van der Waals surface area contributed by atoms with Crippen LogP contribution in [-0.2, 0) is 4.79 Å². The van der Waals surface area contributed by atoms with Gasteiger partial charge in [0.05, 0.1) is 17.7 Å². The van der Waals surface area contributed by atoms with Crippen molar-refractivity contribution in [2.24, 2.45) is 0 Å². The molecule has 0 saturated carbocycles. The summed E-state index contributed by atoms with van der Waals surface area (Å²) in [5.74, 6) is 0.714. The maximum Gasteiger partial charge on any atom is 0.240 e. The molecule has 0 radical (unpaired) electrons. The van der Waals surface area contributed by atoms with Crippen LogP contribution in [0.5, 0.6) is 0 Å². The molecule has 1 aromatic rings. The van der Waals surface area contributed by atoms with Crippen molar-refractivity contribution in [3.05, 3.63) is 23.9 Å². The molecule has 1 amide bonds. The molecule has 0 aromatic carbocycles. The van der Waals surface area contributed by atoms with Crippen LogP contribution in [0.2, 0.25) is 0 Å². The number of nitrogens with zero attached hydrogens (tertiary/aromatic N) is 4. The number of carbonyl (C=O) groups is 1. The van der Waals surface area contributed by atoms with Crippen LogP contribution in [0.4, 0.5) is 5.82 Å². The molecule has 3 rings (SSSR count). The van der Waals surface area contributed by atoms with Gasteiger partial charge in [0, 0.05) is 25.3 Å². The second kappa shape index (κ2) is 9.43. The third-order valence-electron chi connectivity index (χ3n) is 4.36. The zero-order valence-electron chi connectivity index (χ0n) is 13.5. The fraction of sp³-hybridized carbons (Fsp3) is 0.500. The van der Waals surface area contributed by atoms with Gasteiger partial charge in [-0.1, -0.05) is 0 Å². The molecule has 2 aliphatic rings. The van der Waals surface area contributed by atoms with E-state index < -0.39 is 0 Å². The van der Waals surface area contributed by atoms with Crippen LogP contribution in [0.15, 0.2) is 18.3 Å². The molecule has 0 bridgehead atoms. The summed E-state index contributed by atoms with van der Waals surface area (Å²) in [6.45, 7) is 1.34. The lowest BCUT2D eigenvalue weighted by Gasteiger charge is -2.23. The van der Waals surface area contributed by atoms with Crippen LogP contribution in [0.25, 0.3) is 0 Å². The van der Waals surface area contributed by atoms with E-state index in [9.17, 15) is 4.79 Å². The van der Waals surface area contributed by atoms with Crippen LogP contribution in [0.1, 0.15) is 24.8 Å². The lowest BCUT2D eigenvalue weighted by molar-refractivity contribution is -0.133. The lowest BCUT2D eigenvalue weighted by atomic mass is 10.1. The zero-order valence-corrected chi connectivity index (χ0v) is 15.1. The van der Waals surface area contributed by atoms with E-state index in [1.807, 2.05) is 6.07 Å². The summed E-state index contributed by atoms with van der Waals surface area (Å²) in [5, 5.41) is 24.4. The predicted octanol–water partition coefficient (Wildman–Crippen LogP) is 1.45. The van der Waals surface area contributed by atoms with Crippen LogP contribution in [0.3, 0.4) is 0 Å². The number of nitriles is 2. The van der Waals surface area contributed by atoms with Crippen LogP contribution >= 0.6 is 24.8 Å². The summed E-state index contributed by atoms with van der Waals surface area (Å²) in [6, 6.07) is 7.28. The highest BCUT2D eigenvalue weighted by Crippen LogP contribution is 2.21. The molecule has 2 N–H and O–H groups in total. The number of halogens is 2. The zero-order chi connectivity index (χ0) is 16.2. The number of rotatable bonds is 3. The van der Waals surface area contributed by atoms with Crippen molar-refractivity contribution in [3.8, 4) is 12.1 Å². The number of hydrogen-bond acceptors (Lipinski definition) is 6. The number of carbonyl (C=O) groups excluding carboxylic acids is 1. The van der Waals surface area contributed by atoms with Crippen molar-refractivity contribution >= 4 is 36.5 Å². The van der Waals surface area contributed by atoms with Crippen molar-refractivity contribution in [1.29, 1.82) is 10.5 Å². The average molecular weight is 383 g/mol. The minimum atomic E-state index is -0.281. The van der Waals surface area contributed by atoms with Gasteiger partial charge in [-0.15, -0.1) is 24.8 Å². The smallest absolute Gasteiger partial charge is 0.240 e. The van der Waals surface area contributed by atoms with Crippen molar-refractivity contribution in [2.75, 3.05) is 18.4 Å². The van der Waals surface area contributed by atoms with Gasteiger partial charge in [-0.05, 0) is 31.4 Å². The summed E-state index contributed by atoms with van der Waals surface area (Å²) in [5.41, 5.74) is 0.518. The number of likely N-dealkylation sites (tertiary alicyclic amines) is 1. The van der Waals surface area contributed by atoms with Gasteiger partial charge in [-0.3, -0.25) is 4.79 Å². The first-order valence-corrected chi connectivity index (χ1v) is 7.77. The lowest BCUT2D eigenvalue weighted by Crippen LogP contribution is -2.45. The molecule has 134 valence electrons. The number of amides is 1. The maximum atomic E-state index is 12.5. The standard InChI is InChI=1S/C16H18N6O.2ClH/c17-7-11-3-4-15(20-9-11)21-12-6-14(19-10-12)16(23)22-5-1-2-13(22)8-18;;/h3-4,9,12-14,19H,1-2,5-6,10H2,(H,20,21);2*1H/t12-,13?,14-;;/m0../s1. The van der Waals surface area contributed by atoms with Gasteiger partial charge in [0.25, 0.3) is 0 Å². The SMILES string of the molecule is Cl.Cl.N#Cc1ccc(N[C@@H]2CN[C@H](C(=O)N3CCCC3C#N)C2)nc1. The van der Waals surface area contributed by atoms with E-state index in [1.165, 1.54) is 6.20 Å². The second-order valence-corrected chi connectivity index (χ2v) is 5.90. The molecule has 0 spiro atoms. The second-order valence-electron chi connectivity index (χ2n) is 5.90. The van der Waals surface area contributed by atoms with Crippen molar-refractivity contribution < 1.29 is 4.79 Å². The first kappa shape index (κ1) is 21.0. The van der Waals surface area contributed by atoms with E-state index in [0.717, 1.165) is 12.8 Å². The van der Waals surface area contributed by atoms with E-state index >= 15 is 0 Å². The number of nitrogens with one attached hydrogen (secondary N) is 2. The van der Waals surface area contributed by atoms with Crippen molar-refractivity contribution in [2.45, 2.75) is 37.4 Å². The van der Waals surface area contributed by atoms with E-state index in [0.29, 0.717) is 30.9 Å². The molecule has 2 aliphatic heterocycles. The Morgan fingerprint density at radius 2 is 2.16 bits per heavy atom. The Kier molecular flexibility index (Phi) is 7.92. The predicted molar refractivity (Wildman–Crippen MR) is 97.6 cm³/mol. The summed E-state index contributed by atoms with van der Waals surface area (Å²) < 4.78 is 0. The quantitative estimate of drug-likeness (QED) is 0.819. The van der Waals surface area contributed by atoms with Crippen molar-refractivity contribution in [3.63, 3.8) is 0 Å². The molecule has 3 heterocycles. The molecule has 1 aromatic heterocycles. The first-order valence-electron chi connectivity index (χ1n) is 7.77. The minimum absolute atomic E-state index is 0. The first-order chi connectivity index (χ1) is 11.2. The van der Waals surface area contributed by atoms with Gasteiger partial charge in [-0.2, -0.15) is 10.5 Å². The van der Waals surface area contributed by atoms with E-state index in [-0.39, 0.29) is 48.8 Å². The van der Waals surface area contributed by atoms with Crippen LogP contribution < -0.4 is 10.6 Å². The topological polar surface area (TPSA) is 105 Å². The molecular formula is C16H20Cl2N6O. The van der Waals surface area contributed by atoms with Gasteiger partial charge in [0.2, 0.25) is 5.91 Å². The van der Waals surface area contributed by atoms with E-state index in [2.05, 4.69) is 21.7 Å².